The van der Waals surface area contributed by atoms with Gasteiger partial charge in [0.25, 0.3) is 0 Å². The number of carboxylic acids is 1. The van der Waals surface area contributed by atoms with Gasteiger partial charge in [0.15, 0.2) is 6.29 Å². The van der Waals surface area contributed by atoms with Gasteiger partial charge in [-0.25, -0.2) is 0 Å². The first-order chi connectivity index (χ1) is 58.9. The number of ether oxygens (including phenoxy) is 5. The molecule has 684 valence electrons. The number of nitro groups is 1. The van der Waals surface area contributed by atoms with E-state index in [1.807, 2.05) is 109 Å². The van der Waals surface area contributed by atoms with Crippen molar-refractivity contribution in [1.82, 2.24) is 0 Å². The molecular formula is C88H79Br13Cl9IN3O12P. The molecule has 3 aliphatic rings. The maximum atomic E-state index is 10.7. The molecule has 0 fully saturated rings. The average molecular weight is 2890 g/mol. The van der Waals surface area contributed by atoms with Crippen LogP contribution in [0.15, 0.2) is 240 Å². The second kappa shape index (κ2) is 58.8. The number of aldehydes is 2. The molecule has 3 heterocycles. The van der Waals surface area contributed by atoms with Gasteiger partial charge in [0.1, 0.15) is 38.6 Å². The number of benzene rings is 11. The van der Waals surface area contributed by atoms with Gasteiger partial charge in [-0.15, -0.1) is 0 Å². The van der Waals surface area contributed by atoms with E-state index in [1.165, 1.54) is 25.5 Å². The van der Waals surface area contributed by atoms with Gasteiger partial charge in [0.2, 0.25) is 0 Å². The fraction of sp³-hybridized carbons (Fsp3) is 0.193. The first kappa shape index (κ1) is 119. The summed E-state index contributed by atoms with van der Waals surface area (Å²) in [7, 11) is 3.33. The number of aliphatic hydroxyl groups is 1. The van der Waals surface area contributed by atoms with Crippen LogP contribution in [0.3, 0.4) is 0 Å². The van der Waals surface area contributed by atoms with E-state index in [4.69, 9.17) is 149 Å². The Morgan fingerprint density at radius 3 is 1.20 bits per heavy atom. The van der Waals surface area contributed by atoms with Gasteiger partial charge in [0.05, 0.1) is 48.8 Å². The van der Waals surface area contributed by atoms with E-state index < -0.39 is 22.4 Å². The third kappa shape index (κ3) is 36.0. The Kier molecular flexibility index (Phi) is 55.2. The van der Waals surface area contributed by atoms with Gasteiger partial charge < -0.3 is 45.4 Å². The maximum Gasteiger partial charge on any atom is 0.302 e. The summed E-state index contributed by atoms with van der Waals surface area (Å²) in [5.74, 6) is -1.76. The molecule has 6 N–H and O–H groups in total. The Labute approximate surface area is 907 Å². The van der Waals surface area contributed by atoms with Crippen LogP contribution in [0, 0.1) is 13.7 Å². The monoisotopic (exact) mass is 2870 g/mol. The molecule has 0 spiro atoms. The number of hydrogen-bond donors (Lipinski definition) is 4. The summed E-state index contributed by atoms with van der Waals surface area (Å²) < 4.78 is 38.9. The molecule has 0 unspecified atom stereocenters. The van der Waals surface area contributed by atoms with Crippen molar-refractivity contribution < 1.29 is 53.2 Å². The average Bonchev–Trinajstić information content (AvgIpc) is 0.867. The quantitative estimate of drug-likeness (QED) is 0.00913. The minimum atomic E-state index is -3.18. The summed E-state index contributed by atoms with van der Waals surface area (Å²) in [6, 6.07) is 55.9. The van der Waals surface area contributed by atoms with Crippen molar-refractivity contribution in [1.29, 1.82) is 0 Å². The molecular weight excluding hydrogens is 2810 g/mol. The van der Waals surface area contributed by atoms with Crippen LogP contribution in [-0.4, -0.2) is 86.2 Å². The Bertz CT molecular complexity index is 5390. The van der Waals surface area contributed by atoms with Crippen LogP contribution in [0.1, 0.15) is 72.4 Å². The Morgan fingerprint density at radius 2 is 0.850 bits per heavy atom. The summed E-state index contributed by atoms with van der Waals surface area (Å²) in [6.45, 7) is 5.05. The smallest absolute Gasteiger partial charge is 0.302 e. The molecule has 0 atom stereocenters. The van der Waals surface area contributed by atoms with Gasteiger partial charge in [-0.2, -0.15) is 0 Å². The normalized spacial score (nSPS) is 11.7. The first-order valence-corrected chi connectivity index (χ1v) is 53.4. The molecule has 14 rings (SSSR count). The second-order valence-corrected chi connectivity index (χ2v) is 48.0. The number of halogens is 23. The van der Waals surface area contributed by atoms with Crippen LogP contribution in [-0.2, 0) is 51.2 Å². The van der Waals surface area contributed by atoms with Gasteiger partial charge >= 0.3 is 154 Å². The van der Waals surface area contributed by atoms with E-state index in [0.29, 0.717) is 94.4 Å². The topological polar surface area (TPSA) is 233 Å². The van der Waals surface area contributed by atoms with Crippen LogP contribution < -0.4 is 41.6 Å². The van der Waals surface area contributed by atoms with Gasteiger partial charge in [-0.1, -0.05) is 219 Å². The number of anilines is 1. The molecule has 0 aliphatic carbocycles. The number of aliphatic carboxylic acids is 1. The second-order valence-electron chi connectivity index (χ2n) is 26.1. The SMILES string of the molecule is C.C.CC(C)(N)C(=O)O.CO/C=C/c1c(Br)cc(Cl)cc1Br.COCP(Cl)(c1ccccc1)(c1ccccc1)c1ccccc1.Clc1cc(Br)c(I)c(Br)c1.Clc1cc(Br)c2c(c1)OCC2.Nc1c(Cl)cc2c(c1Br)CCO2.O=CCc1c(Br)cc(Cl)cc1Br.O=Cc1c(Br)cc(Cl)cc1Br.O=[N+]([O-])c1c(Cl)cc2c(c1Br)CCO2.OCCc1c(Br)cc(Cl)cc1Br. The van der Waals surface area contributed by atoms with Gasteiger partial charge in [-0.3, -0.25) is 19.7 Å². The van der Waals surface area contributed by atoms with Crippen molar-refractivity contribution in [3.05, 3.63) is 333 Å². The van der Waals surface area contributed by atoms with Crippen molar-refractivity contribution in [3.8, 4) is 17.2 Å². The number of aliphatic hydroxyl groups excluding tert-OH is 1. The summed E-state index contributed by atoms with van der Waals surface area (Å²) in [4.78, 5) is 40.8. The molecule has 3 aliphatic heterocycles. The van der Waals surface area contributed by atoms with Crippen LogP contribution in [0.5, 0.6) is 17.2 Å². The van der Waals surface area contributed by atoms with Crippen molar-refractivity contribution in [3.63, 3.8) is 0 Å². The molecule has 11 aromatic rings. The first-order valence-electron chi connectivity index (χ1n) is 35.7. The molecule has 0 aromatic heterocycles. The van der Waals surface area contributed by atoms with Crippen LogP contribution in [0.25, 0.3) is 6.08 Å². The van der Waals surface area contributed by atoms with Crippen molar-refractivity contribution in [2.75, 3.05) is 52.7 Å². The van der Waals surface area contributed by atoms with E-state index in [9.17, 15) is 24.5 Å². The van der Waals surface area contributed by atoms with Crippen molar-refractivity contribution >= 4 is 392 Å². The zero-order valence-electron chi connectivity index (χ0n) is 65.3. The standard InChI is InChI=1S/C20H20ClOP.C9H7Br2ClO.C8H7Br2ClO.C8H5Br2ClO.C8H5BrClNO3.C8H7BrClNO.C8H6BrClO.C7H3Br2ClO.C6H2Br2ClI.C4H9NO2.2CH4/c1-22-17-23(21,18-11-5-2-6-12-18,19-13-7-3-8-14-19)20-15-9-4-10-16-20;1-13-3-2-7-8(10)4-6(12)5-9(7)11;2*9-7-3-5(11)4-8(10)6(7)1-2-12;9-7-4-1-2-14-6(4)3-5(10)8(7)11(12)13;9-7-4-1-2-12-6(4)3-5(10)8(7)11;9-7-3-5(10)4-8-6(7)1-2-11-8;8-6-1-4(10)2-7(9)5(6)3-11;7-4-1-3(9)2-5(8)6(4)10;1-4(2,5)3(6)7;;/h2-16H,17H2,1H3;2-5H,1H3;3-4,12H,1-2H2;2-4H,1H2;3H,1-2H2;3H,1-2,11H2;3-4H,1-2H2;1-3H;1-2H;5H2,1-2H3,(H,6,7);2*1H4/b;3-2+;;;;;;;;;;. The Hall–Kier alpha value is -1.74. The molecule has 39 heteroatoms. The predicted molar refractivity (Wildman–Crippen MR) is 587 cm³/mol. The minimum Gasteiger partial charge on any atom is -0.493 e. The number of fused-ring (bicyclic) bond motifs is 3. The largest absolute Gasteiger partial charge is 0.493 e. The van der Waals surface area contributed by atoms with Gasteiger partial charge in [0, 0.05) is 160 Å². The molecule has 127 heavy (non-hydrogen) atoms. The summed E-state index contributed by atoms with van der Waals surface area (Å²) in [6.07, 6.45) is 9.12. The minimum absolute atomic E-state index is 0. The number of carboxylic acid groups (broad SMARTS) is 1. The van der Waals surface area contributed by atoms with E-state index in [1.54, 1.807) is 50.8 Å². The Balaban J connectivity index is 0.000000369. The van der Waals surface area contributed by atoms with Crippen molar-refractivity contribution in [2.24, 2.45) is 5.73 Å². The summed E-state index contributed by atoms with van der Waals surface area (Å²) in [5.41, 5.74) is 17.0. The molecule has 0 amide bonds. The molecule has 11 aromatic carbocycles. The molecule has 15 nitrogen and oxygen atoms in total. The predicted octanol–water partition coefficient (Wildman–Crippen LogP) is 33.6. The zero-order valence-corrected chi connectivity index (χ0v) is 95.8. The number of nitrogens with zero attached hydrogens (tertiary/aromatic N) is 1. The fourth-order valence-corrected chi connectivity index (χ4v) is 29.2. The van der Waals surface area contributed by atoms with E-state index in [2.05, 4.69) is 266 Å². The molecule has 0 radical (unpaired) electrons. The number of nitrogens with two attached hydrogens (primary N) is 2. The summed E-state index contributed by atoms with van der Waals surface area (Å²) >= 11 is 99.6. The van der Waals surface area contributed by atoms with Crippen LogP contribution in [0.2, 0.25) is 40.2 Å². The van der Waals surface area contributed by atoms with Crippen LogP contribution >= 0.6 is 340 Å². The fourth-order valence-electron chi connectivity index (χ4n) is 10.9. The van der Waals surface area contributed by atoms with E-state index in [-0.39, 0.29) is 32.2 Å². The van der Waals surface area contributed by atoms with Gasteiger partial charge in [-0.05, 0) is 228 Å². The molecule has 0 bridgehead atoms. The number of carbonyl (C=O) groups excluding carboxylic acids is 2. The number of hydrogen-bond acceptors (Lipinski definition) is 13. The number of rotatable bonds is 14. The number of nitrogen functional groups attached to an aromatic ring is 1. The van der Waals surface area contributed by atoms with Crippen LogP contribution in [0.4, 0.5) is 11.4 Å². The maximum absolute atomic E-state index is 10.7. The third-order valence-electron chi connectivity index (χ3n) is 16.9. The molecule has 0 saturated carbocycles. The number of carbonyl (C=O) groups is 3. The zero-order chi connectivity index (χ0) is 93.4. The number of nitro benzene ring substituents is 1. The van der Waals surface area contributed by atoms with E-state index >= 15 is 0 Å². The molecule has 0 saturated heterocycles. The third-order valence-corrected chi connectivity index (χ3v) is 37.5. The summed E-state index contributed by atoms with van der Waals surface area (Å²) in [5, 5.41) is 35.7. The van der Waals surface area contributed by atoms with Crippen molar-refractivity contribution in [2.45, 2.75) is 66.3 Å². The van der Waals surface area contributed by atoms with E-state index in [0.717, 1.165) is 146 Å². The Morgan fingerprint density at radius 1 is 0.520 bits per heavy atom. The number of methoxy groups -OCH3 is 2.